The van der Waals surface area contributed by atoms with Crippen molar-refractivity contribution in [1.82, 2.24) is 15.1 Å². The van der Waals surface area contributed by atoms with E-state index in [1.54, 1.807) is 0 Å². The van der Waals surface area contributed by atoms with E-state index in [0.29, 0.717) is 6.04 Å². The molecule has 1 aliphatic rings. The molecule has 1 fully saturated rings. The fourth-order valence-electron chi connectivity index (χ4n) is 3.65. The second-order valence-electron chi connectivity index (χ2n) is 6.80. The summed E-state index contributed by atoms with van der Waals surface area (Å²) < 4.78 is 1.96. The van der Waals surface area contributed by atoms with Gasteiger partial charge in [0.15, 0.2) is 0 Å². The summed E-state index contributed by atoms with van der Waals surface area (Å²) in [5.41, 5.74) is 2.60. The van der Waals surface area contributed by atoms with Crippen molar-refractivity contribution in [3.63, 3.8) is 0 Å². The van der Waals surface area contributed by atoms with Gasteiger partial charge in [0.05, 0.1) is 5.69 Å². The van der Waals surface area contributed by atoms with Crippen molar-refractivity contribution in [3.8, 4) is 0 Å². The Morgan fingerprint density at radius 1 is 1.35 bits per heavy atom. The maximum Gasteiger partial charge on any atom is 0.0641 e. The molecular formula is C17H31N3. The number of rotatable bonds is 5. The molecule has 4 atom stereocenters. The van der Waals surface area contributed by atoms with Crippen LogP contribution in [0.2, 0.25) is 0 Å². The van der Waals surface area contributed by atoms with E-state index < -0.39 is 0 Å². The van der Waals surface area contributed by atoms with E-state index in [1.165, 1.54) is 36.9 Å². The standard InChI is InChI=1S/C17H31N3/c1-6-9-18-17(16-11-20(5)19-14(16)4)15-8-7-12(2)13(3)10-15/h11-13,15,17-18H,6-10H2,1-5H3. The van der Waals surface area contributed by atoms with Gasteiger partial charge in [-0.25, -0.2) is 0 Å². The van der Waals surface area contributed by atoms with Crippen molar-refractivity contribution in [2.45, 2.75) is 59.4 Å². The van der Waals surface area contributed by atoms with Crippen LogP contribution in [0.25, 0.3) is 0 Å². The lowest BCUT2D eigenvalue weighted by Crippen LogP contribution is -2.34. The van der Waals surface area contributed by atoms with E-state index in [1.807, 2.05) is 11.7 Å². The van der Waals surface area contributed by atoms with Crippen LogP contribution in [0.4, 0.5) is 0 Å². The number of hydrogen-bond donors (Lipinski definition) is 1. The second kappa shape index (κ2) is 6.75. The van der Waals surface area contributed by atoms with Gasteiger partial charge in [0.2, 0.25) is 0 Å². The van der Waals surface area contributed by atoms with Gasteiger partial charge in [-0.05, 0) is 50.5 Å². The van der Waals surface area contributed by atoms with Crippen LogP contribution in [0.1, 0.15) is 63.8 Å². The van der Waals surface area contributed by atoms with Crippen LogP contribution in [0.15, 0.2) is 6.20 Å². The smallest absolute Gasteiger partial charge is 0.0641 e. The monoisotopic (exact) mass is 277 g/mol. The van der Waals surface area contributed by atoms with Gasteiger partial charge in [-0.3, -0.25) is 4.68 Å². The topological polar surface area (TPSA) is 29.9 Å². The predicted octanol–water partition coefficient (Wildman–Crippen LogP) is 3.84. The third-order valence-electron chi connectivity index (χ3n) is 5.11. The molecule has 1 aromatic rings. The molecule has 0 spiro atoms. The van der Waals surface area contributed by atoms with Gasteiger partial charge in [-0.15, -0.1) is 0 Å². The molecule has 1 aliphatic carbocycles. The Morgan fingerprint density at radius 2 is 2.10 bits per heavy atom. The van der Waals surface area contributed by atoms with Gasteiger partial charge < -0.3 is 5.32 Å². The third kappa shape index (κ3) is 3.43. The summed E-state index contributed by atoms with van der Waals surface area (Å²) in [5.74, 6) is 2.49. The summed E-state index contributed by atoms with van der Waals surface area (Å²) in [6, 6.07) is 0.485. The Balaban J connectivity index is 2.17. The lowest BCUT2D eigenvalue weighted by Gasteiger charge is -2.37. The van der Waals surface area contributed by atoms with Crippen LogP contribution in [-0.2, 0) is 7.05 Å². The zero-order valence-electron chi connectivity index (χ0n) is 13.8. The number of aryl methyl sites for hydroxylation is 2. The van der Waals surface area contributed by atoms with Crippen LogP contribution in [0.5, 0.6) is 0 Å². The maximum absolute atomic E-state index is 4.55. The summed E-state index contributed by atoms with van der Waals surface area (Å²) in [6.07, 6.45) is 7.47. The number of nitrogens with zero attached hydrogens (tertiary/aromatic N) is 2. The Hall–Kier alpha value is -0.830. The summed E-state index contributed by atoms with van der Waals surface area (Å²) >= 11 is 0. The van der Waals surface area contributed by atoms with Gasteiger partial charge in [0.1, 0.15) is 0 Å². The molecule has 2 rings (SSSR count). The molecule has 1 saturated carbocycles. The predicted molar refractivity (Wildman–Crippen MR) is 84.6 cm³/mol. The van der Waals surface area contributed by atoms with Gasteiger partial charge in [-0.1, -0.05) is 27.2 Å². The Labute approximate surface area is 124 Å². The van der Waals surface area contributed by atoms with E-state index in [0.717, 1.165) is 24.3 Å². The largest absolute Gasteiger partial charge is 0.310 e. The third-order valence-corrected chi connectivity index (χ3v) is 5.11. The van der Waals surface area contributed by atoms with E-state index >= 15 is 0 Å². The highest BCUT2D eigenvalue weighted by atomic mass is 15.3. The molecule has 114 valence electrons. The molecule has 1 heterocycles. The van der Waals surface area contributed by atoms with Crippen molar-refractivity contribution >= 4 is 0 Å². The van der Waals surface area contributed by atoms with Gasteiger partial charge >= 0.3 is 0 Å². The summed E-state index contributed by atoms with van der Waals surface area (Å²) in [7, 11) is 2.03. The van der Waals surface area contributed by atoms with E-state index in [4.69, 9.17) is 0 Å². The van der Waals surface area contributed by atoms with Crippen molar-refractivity contribution in [1.29, 1.82) is 0 Å². The zero-order chi connectivity index (χ0) is 14.7. The number of hydrogen-bond acceptors (Lipinski definition) is 2. The van der Waals surface area contributed by atoms with Crippen LogP contribution in [0, 0.1) is 24.7 Å². The average Bonchev–Trinajstić information content (AvgIpc) is 2.73. The molecule has 1 aromatic heterocycles. The van der Waals surface area contributed by atoms with Crippen LogP contribution < -0.4 is 5.32 Å². The highest BCUT2D eigenvalue weighted by Crippen LogP contribution is 2.40. The molecule has 3 nitrogen and oxygen atoms in total. The quantitative estimate of drug-likeness (QED) is 0.886. The highest BCUT2D eigenvalue weighted by molar-refractivity contribution is 5.21. The summed E-state index contributed by atoms with van der Waals surface area (Å²) in [4.78, 5) is 0. The van der Waals surface area contributed by atoms with E-state index in [-0.39, 0.29) is 0 Å². The first kappa shape index (κ1) is 15.6. The minimum Gasteiger partial charge on any atom is -0.310 e. The fraction of sp³-hybridized carbons (Fsp3) is 0.824. The Kier molecular flexibility index (Phi) is 5.25. The normalized spacial score (nSPS) is 28.6. The Morgan fingerprint density at radius 3 is 2.65 bits per heavy atom. The molecule has 0 amide bonds. The molecule has 4 unspecified atom stereocenters. The first-order chi connectivity index (χ1) is 9.52. The van der Waals surface area contributed by atoms with Gasteiger partial charge in [-0.2, -0.15) is 5.10 Å². The number of nitrogens with one attached hydrogen (secondary N) is 1. The fourth-order valence-corrected chi connectivity index (χ4v) is 3.65. The molecule has 0 bridgehead atoms. The van der Waals surface area contributed by atoms with E-state index in [9.17, 15) is 0 Å². The molecular weight excluding hydrogens is 246 g/mol. The zero-order valence-corrected chi connectivity index (χ0v) is 13.8. The SMILES string of the molecule is CCCNC(c1cn(C)nc1C)C1CCC(C)C(C)C1. The Bertz CT molecular complexity index is 424. The molecule has 1 N–H and O–H groups in total. The first-order valence-corrected chi connectivity index (χ1v) is 8.26. The summed E-state index contributed by atoms with van der Waals surface area (Å²) in [6.45, 7) is 10.3. The van der Waals surface area contributed by atoms with E-state index in [2.05, 4.69) is 44.3 Å². The molecule has 0 aromatic carbocycles. The van der Waals surface area contributed by atoms with Crippen LogP contribution in [-0.4, -0.2) is 16.3 Å². The van der Waals surface area contributed by atoms with Crippen LogP contribution in [0.3, 0.4) is 0 Å². The average molecular weight is 277 g/mol. The van der Waals surface area contributed by atoms with Crippen molar-refractivity contribution in [3.05, 3.63) is 17.5 Å². The minimum absolute atomic E-state index is 0.485. The lowest BCUT2D eigenvalue weighted by atomic mass is 9.72. The molecule has 20 heavy (non-hydrogen) atoms. The lowest BCUT2D eigenvalue weighted by molar-refractivity contribution is 0.171. The van der Waals surface area contributed by atoms with Crippen molar-refractivity contribution in [2.75, 3.05) is 6.54 Å². The molecule has 3 heteroatoms. The molecule has 0 aliphatic heterocycles. The molecule has 0 radical (unpaired) electrons. The minimum atomic E-state index is 0.485. The highest BCUT2D eigenvalue weighted by Gasteiger charge is 2.32. The summed E-state index contributed by atoms with van der Waals surface area (Å²) in [5, 5.41) is 8.34. The van der Waals surface area contributed by atoms with Crippen molar-refractivity contribution < 1.29 is 0 Å². The number of aromatic nitrogens is 2. The maximum atomic E-state index is 4.55. The van der Waals surface area contributed by atoms with Gasteiger partial charge in [0.25, 0.3) is 0 Å². The van der Waals surface area contributed by atoms with Crippen molar-refractivity contribution in [2.24, 2.45) is 24.8 Å². The first-order valence-electron chi connectivity index (χ1n) is 8.26. The molecule has 0 saturated heterocycles. The van der Waals surface area contributed by atoms with Crippen LogP contribution >= 0.6 is 0 Å². The van der Waals surface area contributed by atoms with Gasteiger partial charge in [0, 0.05) is 24.8 Å². The second-order valence-corrected chi connectivity index (χ2v) is 6.80.